The summed E-state index contributed by atoms with van der Waals surface area (Å²) in [6, 6.07) is 12.7. The molecular weight excluding hydrogens is 232 g/mol. The van der Waals surface area contributed by atoms with Crippen molar-refractivity contribution in [3.63, 3.8) is 0 Å². The molecule has 0 atom stereocenters. The van der Waals surface area contributed by atoms with Crippen molar-refractivity contribution in [1.29, 1.82) is 0 Å². The van der Waals surface area contributed by atoms with E-state index in [9.17, 15) is 8.78 Å². The van der Waals surface area contributed by atoms with Crippen molar-refractivity contribution in [3.8, 4) is 0 Å². The first-order chi connectivity index (χ1) is 7.24. The van der Waals surface area contributed by atoms with Crippen molar-refractivity contribution in [2.45, 2.75) is 0 Å². The molecule has 0 spiro atoms. The zero-order chi connectivity index (χ0) is 10.7. The highest BCUT2D eigenvalue weighted by Crippen LogP contribution is 2.11. The van der Waals surface area contributed by atoms with Gasteiger partial charge in [0.15, 0.2) is 0 Å². The van der Waals surface area contributed by atoms with Crippen LogP contribution in [0, 0.1) is 11.6 Å². The van der Waals surface area contributed by atoms with E-state index in [1.807, 2.05) is 0 Å². The summed E-state index contributed by atoms with van der Waals surface area (Å²) in [5.74, 6) is -0.467. The maximum atomic E-state index is 12.6. The minimum atomic E-state index is -0.234. The van der Waals surface area contributed by atoms with Crippen LogP contribution < -0.4 is 10.6 Å². The number of hydrogen-bond donors (Lipinski definition) is 0. The maximum absolute atomic E-state index is 12.6. The molecule has 0 aromatic heterocycles. The number of hydrogen-bond acceptors (Lipinski definition) is 0. The van der Waals surface area contributed by atoms with Gasteiger partial charge in [-0.05, 0) is 34.9 Å². The van der Waals surface area contributed by atoms with Crippen LogP contribution in [0.15, 0.2) is 48.5 Å². The van der Waals surface area contributed by atoms with Crippen LogP contribution in [0.5, 0.6) is 0 Å². The lowest BCUT2D eigenvalue weighted by Crippen LogP contribution is -2.02. The van der Waals surface area contributed by atoms with Crippen LogP contribution in [0.1, 0.15) is 0 Å². The number of benzene rings is 2. The first kappa shape index (κ1) is 12.7. The van der Waals surface area contributed by atoms with E-state index in [1.165, 1.54) is 24.3 Å². The van der Waals surface area contributed by atoms with Crippen molar-refractivity contribution < 1.29 is 13.5 Å². The van der Waals surface area contributed by atoms with Crippen LogP contribution in [-0.2, 0) is 0 Å². The number of rotatable bonds is 2. The molecule has 0 N–H and O–H groups in total. The molecule has 0 radical (unpaired) electrons. The van der Waals surface area contributed by atoms with E-state index < -0.39 is 0 Å². The second-order valence-electron chi connectivity index (χ2n) is 3.14. The van der Waals surface area contributed by atoms with E-state index in [2.05, 4.69) is 0 Å². The van der Waals surface area contributed by atoms with Crippen LogP contribution in [0.3, 0.4) is 0 Å². The van der Waals surface area contributed by atoms with E-state index in [1.54, 1.807) is 24.3 Å². The van der Waals surface area contributed by atoms with Gasteiger partial charge >= 0.3 is 0 Å². The lowest BCUT2D eigenvalue weighted by molar-refractivity contribution is 0.628. The molecule has 0 aliphatic heterocycles. The zero-order valence-corrected chi connectivity index (χ0v) is 9.28. The molecule has 0 bridgehead atoms. The molecule has 0 nitrogen and oxygen atoms in total. The normalized spacial score (nSPS) is 9.62. The second-order valence-corrected chi connectivity index (χ2v) is 4.54. The Kier molecular flexibility index (Phi) is 4.51. The summed E-state index contributed by atoms with van der Waals surface area (Å²) in [5, 5.41) is 2.09. The predicted octanol–water partition coefficient (Wildman–Crippen LogP) is 2.75. The summed E-state index contributed by atoms with van der Waals surface area (Å²) in [5.41, 5.74) is 0. The van der Waals surface area contributed by atoms with Gasteiger partial charge in [0.1, 0.15) is 11.6 Å². The summed E-state index contributed by atoms with van der Waals surface area (Å²) >= 11 is 0. The van der Waals surface area contributed by atoms with Crippen LogP contribution in [0.4, 0.5) is 13.5 Å². The summed E-state index contributed by atoms with van der Waals surface area (Å²) in [6.07, 6.45) is 0. The quantitative estimate of drug-likeness (QED) is 0.710. The van der Waals surface area contributed by atoms with E-state index >= 15 is 0 Å². The molecule has 0 heterocycles. The van der Waals surface area contributed by atoms with Crippen LogP contribution in [0.2, 0.25) is 0 Å². The van der Waals surface area contributed by atoms with Crippen molar-refractivity contribution in [2.75, 3.05) is 0 Å². The minimum Gasteiger partial charge on any atom is -0.269 e. The monoisotopic (exact) mass is 242 g/mol. The van der Waals surface area contributed by atoms with Crippen LogP contribution >= 0.6 is 8.58 Å². The zero-order valence-electron chi connectivity index (χ0n) is 8.28. The fraction of sp³-hybridized carbons (Fsp3) is 0. The SMILES string of the molecule is F.Fc1ccc(Pc2ccc(F)cc2)cc1. The van der Waals surface area contributed by atoms with Crippen LogP contribution in [-0.4, -0.2) is 0 Å². The van der Waals surface area contributed by atoms with Crippen LogP contribution in [0.25, 0.3) is 0 Å². The fourth-order valence-electron chi connectivity index (χ4n) is 1.23. The third kappa shape index (κ3) is 3.35. The average Bonchev–Trinajstić information content (AvgIpc) is 2.25. The predicted molar refractivity (Wildman–Crippen MR) is 62.9 cm³/mol. The molecule has 0 saturated heterocycles. The smallest absolute Gasteiger partial charge is 0.123 e. The largest absolute Gasteiger partial charge is 0.269 e. The Hall–Kier alpha value is -1.34. The third-order valence-electron chi connectivity index (χ3n) is 1.98. The molecule has 0 unspecified atom stereocenters. The van der Waals surface area contributed by atoms with Gasteiger partial charge in [-0.3, -0.25) is 4.70 Å². The Morgan fingerprint density at radius 3 is 1.25 bits per heavy atom. The lowest BCUT2D eigenvalue weighted by atomic mass is 10.3. The van der Waals surface area contributed by atoms with Crippen molar-refractivity contribution in [2.24, 2.45) is 0 Å². The summed E-state index contributed by atoms with van der Waals surface area (Å²) in [6.45, 7) is 0. The van der Waals surface area contributed by atoms with Gasteiger partial charge in [0.25, 0.3) is 0 Å². The highest BCUT2D eigenvalue weighted by Gasteiger charge is 1.97. The second kappa shape index (κ2) is 5.66. The van der Waals surface area contributed by atoms with Gasteiger partial charge < -0.3 is 0 Å². The van der Waals surface area contributed by atoms with E-state index in [-0.39, 0.29) is 16.3 Å². The summed E-state index contributed by atoms with van der Waals surface area (Å²) < 4.78 is 25.3. The average molecular weight is 242 g/mol. The molecule has 2 aromatic rings. The Morgan fingerprint density at radius 1 is 0.625 bits per heavy atom. The van der Waals surface area contributed by atoms with Gasteiger partial charge in [0.2, 0.25) is 0 Å². The first-order valence-corrected chi connectivity index (χ1v) is 5.52. The van der Waals surface area contributed by atoms with E-state index in [4.69, 9.17) is 0 Å². The van der Waals surface area contributed by atoms with Gasteiger partial charge in [-0.1, -0.05) is 32.8 Å². The molecule has 2 rings (SSSR count). The van der Waals surface area contributed by atoms with Gasteiger partial charge in [0, 0.05) is 0 Å². The Morgan fingerprint density at radius 2 is 0.938 bits per heavy atom. The molecular formula is C12H10F3P. The topological polar surface area (TPSA) is 0 Å². The molecule has 16 heavy (non-hydrogen) atoms. The molecule has 0 aliphatic rings. The van der Waals surface area contributed by atoms with E-state index in [0.717, 1.165) is 10.6 Å². The molecule has 0 saturated carbocycles. The Bertz CT molecular complexity index is 393. The molecule has 84 valence electrons. The highest BCUT2D eigenvalue weighted by atomic mass is 31.1. The maximum Gasteiger partial charge on any atom is 0.123 e. The lowest BCUT2D eigenvalue weighted by Gasteiger charge is -2.01. The van der Waals surface area contributed by atoms with Crippen molar-refractivity contribution in [1.82, 2.24) is 0 Å². The van der Waals surface area contributed by atoms with Gasteiger partial charge in [-0.2, -0.15) is 0 Å². The minimum absolute atomic E-state index is 0. The van der Waals surface area contributed by atoms with Crippen molar-refractivity contribution >= 4 is 19.2 Å². The number of halogens is 3. The standard InChI is InChI=1S/C12H9F2P.FH/c13-9-1-5-11(6-2-9)15-12-7-3-10(14)4-8-12;/h1-8,15H;1H. The summed E-state index contributed by atoms with van der Waals surface area (Å²) in [7, 11) is 0.436. The Labute approximate surface area is 93.5 Å². The molecule has 0 aliphatic carbocycles. The van der Waals surface area contributed by atoms with E-state index in [0.29, 0.717) is 8.58 Å². The Balaban J connectivity index is 0.00000128. The van der Waals surface area contributed by atoms with Crippen molar-refractivity contribution in [3.05, 3.63) is 60.2 Å². The van der Waals surface area contributed by atoms with Gasteiger partial charge in [-0.15, -0.1) is 0 Å². The third-order valence-corrected chi connectivity index (χ3v) is 3.22. The molecule has 0 amide bonds. The molecule has 0 fully saturated rings. The molecule has 2 aromatic carbocycles. The summed E-state index contributed by atoms with van der Waals surface area (Å²) in [4.78, 5) is 0. The highest BCUT2D eigenvalue weighted by molar-refractivity contribution is 7.55. The first-order valence-electron chi connectivity index (χ1n) is 4.52. The van der Waals surface area contributed by atoms with Gasteiger partial charge in [0.05, 0.1) is 0 Å². The fourth-order valence-corrected chi connectivity index (χ4v) is 2.23. The van der Waals surface area contributed by atoms with Gasteiger partial charge in [-0.25, -0.2) is 8.78 Å². The molecule has 4 heteroatoms.